The molecule has 1 aromatic carbocycles. The summed E-state index contributed by atoms with van der Waals surface area (Å²) in [6, 6.07) is 2.25. The Labute approximate surface area is 117 Å². The van der Waals surface area contributed by atoms with E-state index in [0.29, 0.717) is 0 Å². The summed E-state index contributed by atoms with van der Waals surface area (Å²) in [6.45, 7) is 9.30. The van der Waals surface area contributed by atoms with Crippen LogP contribution in [0.2, 0.25) is 0 Å². The van der Waals surface area contributed by atoms with Gasteiger partial charge in [-0.2, -0.15) is 0 Å². The van der Waals surface area contributed by atoms with Crippen molar-refractivity contribution >= 4 is 0 Å². The van der Waals surface area contributed by atoms with Crippen LogP contribution in [0.4, 0.5) is 0 Å². The predicted octanol–water partition coefficient (Wildman–Crippen LogP) is 2.79. The van der Waals surface area contributed by atoms with Gasteiger partial charge in [0.25, 0.3) is 0 Å². The Morgan fingerprint density at radius 3 is 2.42 bits per heavy atom. The molecule has 0 radical (unpaired) electrons. The van der Waals surface area contributed by atoms with Gasteiger partial charge in [0.2, 0.25) is 0 Å². The van der Waals surface area contributed by atoms with Crippen molar-refractivity contribution in [3.05, 3.63) is 28.3 Å². The van der Waals surface area contributed by atoms with Gasteiger partial charge in [-0.25, -0.2) is 0 Å². The summed E-state index contributed by atoms with van der Waals surface area (Å²) < 4.78 is 5.47. The number of benzene rings is 1. The van der Waals surface area contributed by atoms with Gasteiger partial charge in [0.15, 0.2) is 0 Å². The molecular weight excluding hydrogens is 236 g/mol. The molecule has 0 aromatic heterocycles. The third kappa shape index (κ3) is 4.22. The smallest absolute Gasteiger partial charge is 0.124 e. The Kier molecular flexibility index (Phi) is 6.32. The molecule has 0 fully saturated rings. The molecule has 19 heavy (non-hydrogen) atoms. The van der Waals surface area contributed by atoms with E-state index in [-0.39, 0.29) is 0 Å². The Morgan fingerprint density at radius 1 is 1.16 bits per heavy atom. The molecule has 0 heterocycles. The lowest BCUT2D eigenvalue weighted by molar-refractivity contribution is 0.318. The van der Waals surface area contributed by atoms with Crippen LogP contribution in [0, 0.1) is 20.8 Å². The fourth-order valence-electron chi connectivity index (χ4n) is 2.52. The van der Waals surface area contributed by atoms with Gasteiger partial charge in [-0.1, -0.05) is 6.07 Å². The van der Waals surface area contributed by atoms with E-state index >= 15 is 0 Å². The second-order valence-electron chi connectivity index (χ2n) is 5.37. The first-order valence-electron chi connectivity index (χ1n) is 7.03. The van der Waals surface area contributed by atoms with Crippen LogP contribution in [0.1, 0.15) is 35.1 Å². The number of ether oxygens (including phenoxy) is 1. The Morgan fingerprint density at radius 2 is 1.84 bits per heavy atom. The van der Waals surface area contributed by atoms with Crippen molar-refractivity contribution in [1.82, 2.24) is 4.90 Å². The molecule has 0 saturated carbocycles. The minimum Gasteiger partial charge on any atom is -0.496 e. The molecule has 0 aliphatic rings. The van der Waals surface area contributed by atoms with E-state index < -0.39 is 0 Å². The van der Waals surface area contributed by atoms with Crippen molar-refractivity contribution in [1.29, 1.82) is 0 Å². The molecule has 3 heteroatoms. The molecule has 1 rings (SSSR count). The number of hydrogen-bond acceptors (Lipinski definition) is 3. The first-order valence-corrected chi connectivity index (χ1v) is 7.03. The van der Waals surface area contributed by atoms with Crippen LogP contribution in [0.25, 0.3) is 0 Å². The summed E-state index contributed by atoms with van der Waals surface area (Å²) in [7, 11) is 3.91. The molecule has 0 amide bonds. The van der Waals surface area contributed by atoms with Crippen molar-refractivity contribution in [2.45, 2.75) is 40.2 Å². The molecule has 0 aliphatic heterocycles. The summed E-state index contributed by atoms with van der Waals surface area (Å²) in [5.74, 6) is 1.02. The van der Waals surface area contributed by atoms with Gasteiger partial charge in [-0.3, -0.25) is 0 Å². The largest absolute Gasteiger partial charge is 0.496 e. The topological polar surface area (TPSA) is 38.5 Å². The normalized spacial score (nSPS) is 11.1. The molecule has 0 saturated heterocycles. The molecule has 0 bridgehead atoms. The van der Waals surface area contributed by atoms with Gasteiger partial charge in [-0.15, -0.1) is 0 Å². The third-order valence-corrected chi connectivity index (χ3v) is 3.77. The first-order chi connectivity index (χ1) is 9.01. The van der Waals surface area contributed by atoms with Crippen LogP contribution >= 0.6 is 0 Å². The van der Waals surface area contributed by atoms with Gasteiger partial charge in [0, 0.05) is 6.54 Å². The quantitative estimate of drug-likeness (QED) is 0.770. The minimum atomic E-state index is 0.785. The number of aryl methyl sites for hydroxylation is 1. The van der Waals surface area contributed by atoms with Gasteiger partial charge in [0.05, 0.1) is 7.11 Å². The zero-order chi connectivity index (χ0) is 14.4. The predicted molar refractivity (Wildman–Crippen MR) is 81.8 cm³/mol. The van der Waals surface area contributed by atoms with E-state index in [1.165, 1.54) is 28.7 Å². The SMILES string of the molecule is COc1c(C)cc(CN(C)CCCCN)c(C)c1C. The van der Waals surface area contributed by atoms with E-state index in [1.807, 2.05) is 0 Å². The second kappa shape index (κ2) is 7.51. The standard InChI is InChI=1S/C16H28N2O/c1-12-10-15(11-18(4)9-7-6-8-17)13(2)14(3)16(12)19-5/h10H,6-9,11,17H2,1-5H3. The fraction of sp³-hybridized carbons (Fsp3) is 0.625. The van der Waals surface area contributed by atoms with Crippen molar-refractivity contribution in [3.8, 4) is 5.75 Å². The lowest BCUT2D eigenvalue weighted by Gasteiger charge is -2.21. The van der Waals surface area contributed by atoms with Gasteiger partial charge >= 0.3 is 0 Å². The number of methoxy groups -OCH3 is 1. The Hall–Kier alpha value is -1.06. The average Bonchev–Trinajstić information content (AvgIpc) is 2.36. The maximum Gasteiger partial charge on any atom is 0.124 e. The van der Waals surface area contributed by atoms with E-state index in [0.717, 1.165) is 31.8 Å². The summed E-state index contributed by atoms with van der Waals surface area (Å²) in [6.07, 6.45) is 2.27. The first kappa shape index (κ1) is 16.0. The van der Waals surface area contributed by atoms with Crippen LogP contribution in [-0.4, -0.2) is 32.1 Å². The van der Waals surface area contributed by atoms with Crippen LogP contribution in [-0.2, 0) is 6.54 Å². The summed E-state index contributed by atoms with van der Waals surface area (Å²) in [5, 5.41) is 0. The Bertz CT molecular complexity index is 416. The van der Waals surface area contributed by atoms with Gasteiger partial charge < -0.3 is 15.4 Å². The molecule has 0 atom stereocenters. The maximum absolute atomic E-state index is 5.53. The summed E-state index contributed by atoms with van der Waals surface area (Å²) in [5.41, 5.74) is 10.7. The zero-order valence-electron chi connectivity index (χ0n) is 13.0. The lowest BCUT2D eigenvalue weighted by Crippen LogP contribution is -2.20. The lowest BCUT2D eigenvalue weighted by atomic mass is 9.98. The molecule has 108 valence electrons. The van der Waals surface area contributed by atoms with Crippen molar-refractivity contribution in [3.63, 3.8) is 0 Å². The number of nitrogens with zero attached hydrogens (tertiary/aromatic N) is 1. The second-order valence-corrected chi connectivity index (χ2v) is 5.37. The van der Waals surface area contributed by atoms with Crippen molar-refractivity contribution in [2.24, 2.45) is 5.73 Å². The number of rotatable bonds is 7. The molecule has 2 N–H and O–H groups in total. The Balaban J connectivity index is 2.79. The highest BCUT2D eigenvalue weighted by Gasteiger charge is 2.11. The number of hydrogen-bond donors (Lipinski definition) is 1. The highest BCUT2D eigenvalue weighted by molar-refractivity contribution is 5.48. The van der Waals surface area contributed by atoms with Crippen molar-refractivity contribution in [2.75, 3.05) is 27.2 Å². The molecule has 0 unspecified atom stereocenters. The fourth-order valence-corrected chi connectivity index (χ4v) is 2.52. The van der Waals surface area contributed by atoms with Gasteiger partial charge in [0.1, 0.15) is 5.75 Å². The van der Waals surface area contributed by atoms with Crippen LogP contribution in [0.3, 0.4) is 0 Å². The highest BCUT2D eigenvalue weighted by Crippen LogP contribution is 2.29. The summed E-state index contributed by atoms with van der Waals surface area (Å²) >= 11 is 0. The number of nitrogens with two attached hydrogens (primary N) is 1. The third-order valence-electron chi connectivity index (χ3n) is 3.77. The van der Waals surface area contributed by atoms with Crippen LogP contribution in [0.15, 0.2) is 6.07 Å². The minimum absolute atomic E-state index is 0.785. The zero-order valence-corrected chi connectivity index (χ0v) is 13.0. The monoisotopic (exact) mass is 264 g/mol. The summed E-state index contributed by atoms with van der Waals surface area (Å²) in [4.78, 5) is 2.36. The van der Waals surface area contributed by atoms with Crippen LogP contribution in [0.5, 0.6) is 5.75 Å². The molecule has 1 aromatic rings. The van der Waals surface area contributed by atoms with Crippen molar-refractivity contribution < 1.29 is 4.74 Å². The van der Waals surface area contributed by atoms with E-state index in [4.69, 9.17) is 10.5 Å². The number of unbranched alkanes of at least 4 members (excludes halogenated alkanes) is 1. The van der Waals surface area contributed by atoms with Gasteiger partial charge in [-0.05, 0) is 76.0 Å². The van der Waals surface area contributed by atoms with E-state index in [1.54, 1.807) is 7.11 Å². The molecular formula is C16H28N2O. The highest BCUT2D eigenvalue weighted by atomic mass is 16.5. The van der Waals surface area contributed by atoms with E-state index in [9.17, 15) is 0 Å². The molecule has 0 spiro atoms. The maximum atomic E-state index is 5.53. The van der Waals surface area contributed by atoms with E-state index in [2.05, 4.69) is 38.8 Å². The molecule has 3 nitrogen and oxygen atoms in total. The average molecular weight is 264 g/mol. The van der Waals surface area contributed by atoms with Crippen LogP contribution < -0.4 is 10.5 Å². The molecule has 0 aliphatic carbocycles.